The van der Waals surface area contributed by atoms with Crippen LogP contribution in [-0.2, 0) is 19.3 Å². The average molecular weight is 369 g/mol. The van der Waals surface area contributed by atoms with Crippen molar-refractivity contribution < 1.29 is 4.79 Å². The highest BCUT2D eigenvalue weighted by atomic mass is 16.1. The van der Waals surface area contributed by atoms with Gasteiger partial charge >= 0.3 is 0 Å². The Morgan fingerprint density at radius 1 is 0.857 bits per heavy atom. The van der Waals surface area contributed by atoms with E-state index in [9.17, 15) is 4.79 Å². The van der Waals surface area contributed by atoms with Crippen molar-refractivity contribution in [1.82, 2.24) is 14.7 Å². The fourth-order valence-electron chi connectivity index (χ4n) is 3.39. The lowest BCUT2D eigenvalue weighted by atomic mass is 9.99. The zero-order valence-corrected chi connectivity index (χ0v) is 15.7. The van der Waals surface area contributed by atoms with E-state index in [-0.39, 0.29) is 5.91 Å². The molecule has 0 radical (unpaired) electrons. The Bertz CT molecular complexity index is 1040. The second-order valence-electron chi connectivity index (χ2n) is 6.85. The zero-order chi connectivity index (χ0) is 19.2. The van der Waals surface area contributed by atoms with Gasteiger partial charge in [0.25, 0.3) is 5.91 Å². The summed E-state index contributed by atoms with van der Waals surface area (Å²) in [6.07, 6.45) is 6.47. The summed E-state index contributed by atoms with van der Waals surface area (Å²) in [5, 5.41) is 3.04. The molecule has 0 spiro atoms. The van der Waals surface area contributed by atoms with Crippen molar-refractivity contribution in [3.8, 4) is 0 Å². The number of nitrogens with one attached hydrogen (secondary N) is 1. The second kappa shape index (κ2) is 8.53. The molecule has 0 aliphatic heterocycles. The summed E-state index contributed by atoms with van der Waals surface area (Å²) in [6, 6.07) is 24.2. The van der Waals surface area contributed by atoms with E-state index < -0.39 is 0 Å². The van der Waals surface area contributed by atoms with Gasteiger partial charge in [-0.25, -0.2) is 4.98 Å². The van der Waals surface area contributed by atoms with Crippen LogP contribution in [0.5, 0.6) is 0 Å². The lowest BCUT2D eigenvalue weighted by molar-refractivity contribution is 0.0953. The number of imidazole rings is 1. The van der Waals surface area contributed by atoms with Gasteiger partial charge in [0.15, 0.2) is 0 Å². The van der Waals surface area contributed by atoms with Crippen LogP contribution >= 0.6 is 0 Å². The number of carbonyl (C=O) groups excluding carboxylic acids is 1. The molecule has 0 saturated carbocycles. The molecule has 2 aromatic heterocycles. The SMILES string of the molecule is O=C(NCCc1cn2ccccc2n1)c1ccccc1CCc1ccccc1. The molecule has 0 saturated heterocycles. The highest BCUT2D eigenvalue weighted by Gasteiger charge is 2.11. The molecule has 4 heteroatoms. The Balaban J connectivity index is 1.36. The summed E-state index contributed by atoms with van der Waals surface area (Å²) in [7, 11) is 0. The maximum absolute atomic E-state index is 12.7. The van der Waals surface area contributed by atoms with Crippen LogP contribution in [0.4, 0.5) is 0 Å². The number of aryl methyl sites for hydroxylation is 2. The van der Waals surface area contributed by atoms with Gasteiger partial charge in [-0.1, -0.05) is 54.6 Å². The van der Waals surface area contributed by atoms with Crippen molar-refractivity contribution in [2.45, 2.75) is 19.3 Å². The van der Waals surface area contributed by atoms with E-state index in [1.807, 2.05) is 77.5 Å². The fraction of sp³-hybridized carbons (Fsp3) is 0.167. The van der Waals surface area contributed by atoms with Gasteiger partial charge in [0.1, 0.15) is 5.65 Å². The Hall–Kier alpha value is -3.40. The molecule has 28 heavy (non-hydrogen) atoms. The minimum atomic E-state index is -0.0209. The van der Waals surface area contributed by atoms with Gasteiger partial charge in [0.2, 0.25) is 0 Å². The average Bonchev–Trinajstić information content (AvgIpc) is 3.16. The van der Waals surface area contributed by atoms with E-state index in [2.05, 4.69) is 22.4 Å². The lowest BCUT2D eigenvalue weighted by Gasteiger charge is -2.10. The number of aromatic nitrogens is 2. The number of pyridine rings is 1. The van der Waals surface area contributed by atoms with Gasteiger partial charge in [-0.05, 0) is 42.2 Å². The number of hydrogen-bond donors (Lipinski definition) is 1. The minimum absolute atomic E-state index is 0.0209. The van der Waals surface area contributed by atoms with Crippen LogP contribution < -0.4 is 5.32 Å². The highest BCUT2D eigenvalue weighted by Crippen LogP contribution is 2.13. The van der Waals surface area contributed by atoms with Gasteiger partial charge in [0, 0.05) is 30.9 Å². The third-order valence-electron chi connectivity index (χ3n) is 4.87. The number of nitrogens with zero attached hydrogens (tertiary/aromatic N) is 2. The summed E-state index contributed by atoms with van der Waals surface area (Å²) in [4.78, 5) is 17.3. The molecule has 140 valence electrons. The molecular formula is C24H23N3O. The monoisotopic (exact) mass is 369 g/mol. The Kier molecular flexibility index (Phi) is 5.48. The predicted molar refractivity (Wildman–Crippen MR) is 112 cm³/mol. The first-order chi connectivity index (χ1) is 13.8. The summed E-state index contributed by atoms with van der Waals surface area (Å²) < 4.78 is 2.00. The van der Waals surface area contributed by atoms with Crippen molar-refractivity contribution in [2.24, 2.45) is 0 Å². The topological polar surface area (TPSA) is 46.4 Å². The predicted octanol–water partition coefficient (Wildman–Crippen LogP) is 4.09. The van der Waals surface area contributed by atoms with E-state index in [0.717, 1.165) is 35.3 Å². The Labute approximate surface area is 164 Å². The number of rotatable bonds is 7. The molecule has 1 N–H and O–H groups in total. The molecule has 4 aromatic rings. The van der Waals surface area contributed by atoms with E-state index in [4.69, 9.17) is 0 Å². The van der Waals surface area contributed by atoms with Crippen molar-refractivity contribution in [3.05, 3.63) is 108 Å². The normalized spacial score (nSPS) is 10.9. The maximum Gasteiger partial charge on any atom is 0.251 e. The molecule has 0 aliphatic rings. The van der Waals surface area contributed by atoms with Crippen molar-refractivity contribution >= 4 is 11.6 Å². The van der Waals surface area contributed by atoms with Gasteiger partial charge in [0.05, 0.1) is 5.69 Å². The summed E-state index contributed by atoms with van der Waals surface area (Å²) in [5.41, 5.74) is 5.02. The second-order valence-corrected chi connectivity index (χ2v) is 6.85. The van der Waals surface area contributed by atoms with E-state index >= 15 is 0 Å². The number of fused-ring (bicyclic) bond motifs is 1. The van der Waals surface area contributed by atoms with E-state index in [1.54, 1.807) is 0 Å². The molecule has 1 amide bonds. The standard InChI is InChI=1S/C24H23N3O/c28-24(25-16-15-21-18-27-17-7-6-12-23(27)26-21)22-11-5-4-10-20(22)14-13-19-8-2-1-3-9-19/h1-12,17-18H,13-16H2,(H,25,28). The summed E-state index contributed by atoms with van der Waals surface area (Å²) >= 11 is 0. The summed E-state index contributed by atoms with van der Waals surface area (Å²) in [5.74, 6) is -0.0209. The van der Waals surface area contributed by atoms with Crippen LogP contribution in [0, 0.1) is 0 Å². The van der Waals surface area contributed by atoms with Gasteiger partial charge in [-0.15, -0.1) is 0 Å². The van der Waals surface area contributed by atoms with Crippen LogP contribution in [0.2, 0.25) is 0 Å². The van der Waals surface area contributed by atoms with Gasteiger partial charge in [-0.2, -0.15) is 0 Å². The third kappa shape index (κ3) is 4.29. The number of hydrogen-bond acceptors (Lipinski definition) is 2. The van der Waals surface area contributed by atoms with Crippen molar-refractivity contribution in [3.63, 3.8) is 0 Å². The number of benzene rings is 2. The van der Waals surface area contributed by atoms with Gasteiger partial charge in [-0.3, -0.25) is 4.79 Å². The van der Waals surface area contributed by atoms with Crippen LogP contribution in [0.25, 0.3) is 5.65 Å². The fourth-order valence-corrected chi connectivity index (χ4v) is 3.39. The van der Waals surface area contributed by atoms with Crippen molar-refractivity contribution in [1.29, 1.82) is 0 Å². The molecule has 0 unspecified atom stereocenters. The molecule has 0 bridgehead atoms. The van der Waals surface area contributed by atoms with Crippen LogP contribution in [0.15, 0.2) is 85.2 Å². The maximum atomic E-state index is 12.7. The van der Waals surface area contributed by atoms with E-state index in [0.29, 0.717) is 13.0 Å². The largest absolute Gasteiger partial charge is 0.352 e. The highest BCUT2D eigenvalue weighted by molar-refractivity contribution is 5.95. The van der Waals surface area contributed by atoms with Gasteiger partial charge < -0.3 is 9.72 Å². The number of carbonyl (C=O) groups is 1. The molecular weight excluding hydrogens is 346 g/mol. The number of amides is 1. The molecule has 2 aromatic carbocycles. The Morgan fingerprint density at radius 3 is 2.50 bits per heavy atom. The first kappa shape index (κ1) is 18.0. The molecule has 0 atom stereocenters. The Morgan fingerprint density at radius 2 is 1.64 bits per heavy atom. The third-order valence-corrected chi connectivity index (χ3v) is 4.87. The van der Waals surface area contributed by atoms with Crippen LogP contribution in [0.1, 0.15) is 27.2 Å². The summed E-state index contributed by atoms with van der Waals surface area (Å²) in [6.45, 7) is 0.565. The quantitative estimate of drug-likeness (QED) is 0.533. The molecule has 2 heterocycles. The molecule has 4 rings (SSSR count). The lowest BCUT2D eigenvalue weighted by Crippen LogP contribution is -2.26. The molecule has 4 nitrogen and oxygen atoms in total. The minimum Gasteiger partial charge on any atom is -0.352 e. The van der Waals surface area contributed by atoms with Crippen molar-refractivity contribution in [2.75, 3.05) is 6.54 Å². The molecule has 0 aliphatic carbocycles. The van der Waals surface area contributed by atoms with Crippen LogP contribution in [0.3, 0.4) is 0 Å². The first-order valence-corrected chi connectivity index (χ1v) is 9.62. The smallest absolute Gasteiger partial charge is 0.251 e. The first-order valence-electron chi connectivity index (χ1n) is 9.62. The zero-order valence-electron chi connectivity index (χ0n) is 15.7. The van der Waals surface area contributed by atoms with E-state index in [1.165, 1.54) is 5.56 Å². The van der Waals surface area contributed by atoms with Crippen LogP contribution in [-0.4, -0.2) is 21.8 Å². The molecule has 0 fully saturated rings.